The van der Waals surface area contributed by atoms with E-state index in [1.807, 2.05) is 60.7 Å². The first-order valence-electron chi connectivity index (χ1n) is 14.7. The molecule has 2 saturated heterocycles. The second-order valence-electron chi connectivity index (χ2n) is 11.2. The van der Waals surface area contributed by atoms with Gasteiger partial charge in [0.1, 0.15) is 24.5 Å². The summed E-state index contributed by atoms with van der Waals surface area (Å²) in [5, 5.41) is 27.0. The number of amides is 4. The minimum Gasteiger partial charge on any atom is -0.508 e. The first-order chi connectivity index (χ1) is 21.8. The number of rotatable bonds is 8. The first-order valence-corrected chi connectivity index (χ1v) is 14.7. The van der Waals surface area contributed by atoms with Crippen molar-refractivity contribution in [1.82, 2.24) is 25.1 Å². The molecule has 2 atom stereocenters. The highest BCUT2D eigenvalue weighted by Gasteiger charge is 2.52. The molecule has 2 fully saturated rings. The number of carbonyl (C=O) groups excluding carboxylic acids is 3. The van der Waals surface area contributed by atoms with Gasteiger partial charge in [-0.2, -0.15) is 10.3 Å². The van der Waals surface area contributed by atoms with Crippen molar-refractivity contribution in [3.8, 4) is 11.8 Å². The molecule has 11 heteroatoms. The van der Waals surface area contributed by atoms with Gasteiger partial charge in [0.25, 0.3) is 0 Å². The predicted molar refractivity (Wildman–Crippen MR) is 168 cm³/mol. The van der Waals surface area contributed by atoms with Crippen molar-refractivity contribution in [3.05, 3.63) is 108 Å². The van der Waals surface area contributed by atoms with Gasteiger partial charge in [-0.25, -0.2) is 9.80 Å². The number of nitrogen functional groups attached to an aromatic ring is 1. The summed E-state index contributed by atoms with van der Waals surface area (Å²) in [5.41, 5.74) is 9.07. The van der Waals surface area contributed by atoms with Crippen molar-refractivity contribution in [2.75, 3.05) is 25.4 Å². The molecule has 0 saturated carbocycles. The van der Waals surface area contributed by atoms with E-state index >= 15 is 0 Å². The van der Waals surface area contributed by atoms with Gasteiger partial charge < -0.3 is 26.0 Å². The number of piperazine rings is 1. The number of benzene rings is 4. The molecule has 4 aromatic carbocycles. The molecule has 11 nitrogen and oxygen atoms in total. The Labute approximate surface area is 260 Å². The van der Waals surface area contributed by atoms with Crippen molar-refractivity contribution >= 4 is 34.3 Å². The summed E-state index contributed by atoms with van der Waals surface area (Å²) >= 11 is 0. The van der Waals surface area contributed by atoms with Crippen LogP contribution in [0.15, 0.2) is 91.0 Å². The summed E-state index contributed by atoms with van der Waals surface area (Å²) in [6.45, 7) is 0.170. The summed E-state index contributed by atoms with van der Waals surface area (Å²) in [4.78, 5) is 44.6. The zero-order chi connectivity index (χ0) is 31.5. The number of nitrogens with two attached hydrogens (primary N) is 1. The van der Waals surface area contributed by atoms with Crippen molar-refractivity contribution in [3.63, 3.8) is 0 Å². The Balaban J connectivity index is 1.31. The smallest absolute Gasteiger partial charge is 0.333 e. The molecule has 0 radical (unpaired) electrons. The highest BCUT2D eigenvalue weighted by molar-refractivity contribution is 5.92. The fraction of sp³-hybridized carbons (Fsp3) is 0.235. The number of nitrogens with zero attached hydrogens (tertiary/aromatic N) is 5. The van der Waals surface area contributed by atoms with E-state index in [0.29, 0.717) is 12.2 Å². The van der Waals surface area contributed by atoms with Gasteiger partial charge in [0.15, 0.2) is 0 Å². The Morgan fingerprint density at radius 3 is 2.44 bits per heavy atom. The van der Waals surface area contributed by atoms with E-state index in [0.717, 1.165) is 27.5 Å². The van der Waals surface area contributed by atoms with E-state index in [1.54, 1.807) is 39.1 Å². The van der Waals surface area contributed by atoms with Gasteiger partial charge >= 0.3 is 6.03 Å². The van der Waals surface area contributed by atoms with Crippen molar-refractivity contribution in [1.29, 1.82) is 5.26 Å². The zero-order valence-electron chi connectivity index (χ0n) is 24.5. The highest BCUT2D eigenvalue weighted by Crippen LogP contribution is 2.31. The number of fused-ring (bicyclic) bond motifs is 2. The molecule has 2 aliphatic heterocycles. The lowest BCUT2D eigenvalue weighted by atomic mass is 9.99. The molecule has 0 spiro atoms. The number of carbonyl (C=O) groups is 3. The molecule has 4 aromatic rings. The van der Waals surface area contributed by atoms with Crippen molar-refractivity contribution < 1.29 is 19.5 Å². The van der Waals surface area contributed by atoms with E-state index in [-0.39, 0.29) is 50.2 Å². The average Bonchev–Trinajstić information content (AvgIpc) is 3.37. The topological polar surface area (TPSA) is 146 Å². The Kier molecular flexibility index (Phi) is 8.22. The van der Waals surface area contributed by atoms with Gasteiger partial charge in [0.05, 0.1) is 19.2 Å². The van der Waals surface area contributed by atoms with Gasteiger partial charge in [-0.05, 0) is 51.7 Å². The molecule has 4 amide bonds. The van der Waals surface area contributed by atoms with Crippen LogP contribution in [0.5, 0.6) is 5.75 Å². The van der Waals surface area contributed by atoms with Crippen LogP contribution in [0.2, 0.25) is 0 Å². The van der Waals surface area contributed by atoms with Crippen molar-refractivity contribution in [2.45, 2.75) is 31.7 Å². The van der Waals surface area contributed by atoms with Crippen LogP contribution < -0.4 is 11.1 Å². The lowest BCUT2D eigenvalue weighted by molar-refractivity contribution is -0.157. The van der Waals surface area contributed by atoms with Crippen LogP contribution in [0, 0.1) is 11.3 Å². The minimum atomic E-state index is -0.816. The van der Waals surface area contributed by atoms with Crippen LogP contribution in [0.3, 0.4) is 0 Å². The number of hydrazine groups is 1. The zero-order valence-corrected chi connectivity index (χ0v) is 24.5. The van der Waals surface area contributed by atoms with Gasteiger partial charge in [0, 0.05) is 25.2 Å². The first kappa shape index (κ1) is 29.5. The third-order valence-electron chi connectivity index (χ3n) is 8.36. The van der Waals surface area contributed by atoms with Gasteiger partial charge in [-0.3, -0.25) is 9.59 Å². The molecule has 0 bridgehead atoms. The number of hydrogen-bond donors (Lipinski definition) is 3. The van der Waals surface area contributed by atoms with Crippen LogP contribution in [-0.2, 0) is 29.1 Å². The molecule has 45 heavy (non-hydrogen) atoms. The molecule has 0 aliphatic carbocycles. The van der Waals surface area contributed by atoms with Gasteiger partial charge in [-0.1, -0.05) is 66.7 Å². The summed E-state index contributed by atoms with van der Waals surface area (Å²) in [6.07, 6.45) is -0.399. The lowest BCUT2D eigenvalue weighted by Gasteiger charge is -2.46. The maximum atomic E-state index is 14.2. The van der Waals surface area contributed by atoms with Crippen LogP contribution >= 0.6 is 0 Å². The molecule has 6 rings (SSSR count). The number of anilines is 1. The minimum absolute atomic E-state index is 0.111. The Morgan fingerprint density at radius 2 is 1.69 bits per heavy atom. The number of nitrogens with one attached hydrogen (secondary N) is 1. The fourth-order valence-electron chi connectivity index (χ4n) is 6.13. The third kappa shape index (κ3) is 6.09. The van der Waals surface area contributed by atoms with E-state index in [4.69, 9.17) is 5.73 Å². The third-order valence-corrected chi connectivity index (χ3v) is 8.36. The van der Waals surface area contributed by atoms with E-state index < -0.39 is 18.2 Å². The predicted octanol–water partition coefficient (Wildman–Crippen LogP) is 3.20. The number of aromatic hydroxyl groups is 1. The van der Waals surface area contributed by atoms with E-state index in [2.05, 4.69) is 5.32 Å². The number of phenolic OH excluding ortho intramolecular Hbond substituents is 1. The average molecular weight is 604 g/mol. The molecule has 0 aromatic heterocycles. The van der Waals surface area contributed by atoms with Gasteiger partial charge in [0.2, 0.25) is 11.8 Å². The maximum Gasteiger partial charge on any atom is 0.333 e. The number of urea groups is 1. The van der Waals surface area contributed by atoms with Crippen molar-refractivity contribution in [2.24, 2.45) is 0 Å². The molecule has 0 unspecified atom stereocenters. The summed E-state index contributed by atoms with van der Waals surface area (Å²) in [7, 11) is 0. The SMILES string of the molecule is N#CCN(C(=O)NCc1ccc(O)cc1)N1CC(=O)N2[C@@H](Cc3ccc(N)cc3)C(=O)N(Cc3cccc4ccccc34)C[C@@H]21. The number of nitriles is 1. The van der Waals surface area contributed by atoms with E-state index in [1.165, 1.54) is 17.1 Å². The molecular formula is C34H33N7O4. The van der Waals surface area contributed by atoms with Crippen LogP contribution in [0.4, 0.5) is 10.5 Å². The lowest BCUT2D eigenvalue weighted by Crippen LogP contribution is -2.66. The largest absolute Gasteiger partial charge is 0.508 e. The Morgan fingerprint density at radius 1 is 0.978 bits per heavy atom. The van der Waals surface area contributed by atoms with Crippen LogP contribution in [-0.4, -0.2) is 74.6 Å². The maximum absolute atomic E-state index is 14.2. The standard InChI is InChI=1S/C34H33N7O4/c35-16-17-39(34(45)37-19-24-10-14-28(42)15-11-24)40-22-32(43)41-30(18-23-8-12-27(36)13-9-23)33(44)38(21-31(40)41)20-26-6-3-5-25-4-1-2-7-29(25)26/h1-15,30-31,42H,17-22,36H2,(H,37,45)/t30-,31+/m0/s1. The molecule has 228 valence electrons. The Hall–Kier alpha value is -5.60. The molecule has 2 heterocycles. The monoisotopic (exact) mass is 603 g/mol. The molecular weight excluding hydrogens is 570 g/mol. The van der Waals surface area contributed by atoms with E-state index in [9.17, 15) is 24.8 Å². The second kappa shape index (κ2) is 12.6. The van der Waals surface area contributed by atoms with Crippen LogP contribution in [0.1, 0.15) is 16.7 Å². The number of hydrogen-bond acceptors (Lipinski definition) is 7. The quantitative estimate of drug-likeness (QED) is 0.207. The normalized spacial score (nSPS) is 18.1. The molecule has 2 aliphatic rings. The summed E-state index contributed by atoms with van der Waals surface area (Å²) in [5.74, 6) is -0.372. The molecule has 4 N–H and O–H groups in total. The summed E-state index contributed by atoms with van der Waals surface area (Å²) in [6, 6.07) is 28.3. The fourth-order valence-corrected chi connectivity index (χ4v) is 6.13. The summed E-state index contributed by atoms with van der Waals surface area (Å²) < 4.78 is 0. The highest BCUT2D eigenvalue weighted by atomic mass is 16.3. The Bertz CT molecular complexity index is 1770. The second-order valence-corrected chi connectivity index (χ2v) is 11.2. The van der Waals surface area contributed by atoms with Crippen LogP contribution in [0.25, 0.3) is 10.8 Å². The van der Waals surface area contributed by atoms with Gasteiger partial charge in [-0.15, -0.1) is 0 Å². The number of phenols is 1.